The zero-order valence-corrected chi connectivity index (χ0v) is 16.5. The van der Waals surface area contributed by atoms with Gasteiger partial charge in [-0.25, -0.2) is 9.37 Å². The lowest BCUT2D eigenvalue weighted by Crippen LogP contribution is -2.64. The average molecular weight is 359 g/mol. The normalized spacial score (nSPS) is 20.7. The number of urea groups is 1. The van der Waals surface area contributed by atoms with E-state index >= 15 is 0 Å². The molecule has 0 aromatic carbocycles. The van der Waals surface area contributed by atoms with E-state index in [4.69, 9.17) is 0 Å². The Bertz CT molecular complexity index is 833. The van der Waals surface area contributed by atoms with Gasteiger partial charge in [-0.15, -0.1) is 9.78 Å². The van der Waals surface area contributed by atoms with Gasteiger partial charge in [0.25, 0.3) is 5.91 Å². The van der Waals surface area contributed by atoms with Crippen molar-refractivity contribution in [3.63, 3.8) is 0 Å². The molecule has 0 radical (unpaired) electrons. The summed E-state index contributed by atoms with van der Waals surface area (Å²) in [6.45, 7) is 12.3. The molecule has 26 heavy (non-hydrogen) atoms. The van der Waals surface area contributed by atoms with E-state index in [2.05, 4.69) is 10.1 Å². The van der Waals surface area contributed by atoms with Crippen molar-refractivity contribution in [3.8, 4) is 0 Å². The zero-order valence-electron chi connectivity index (χ0n) is 16.5. The molecule has 8 heteroatoms. The molecule has 3 rings (SSSR count). The van der Waals surface area contributed by atoms with Crippen molar-refractivity contribution >= 4 is 23.7 Å². The maximum Gasteiger partial charge on any atom is 0.421 e. The molecular weight excluding hydrogens is 332 g/mol. The lowest BCUT2D eigenvalue weighted by molar-refractivity contribution is -0.567. The summed E-state index contributed by atoms with van der Waals surface area (Å²) in [5, 5.41) is 4.52. The number of aromatic nitrogens is 2. The van der Waals surface area contributed by atoms with Crippen LogP contribution in [-0.2, 0) is 4.79 Å². The summed E-state index contributed by atoms with van der Waals surface area (Å²) in [7, 11) is 1.68. The number of fused-ring (bicyclic) bond motifs is 1. The highest BCUT2D eigenvalue weighted by atomic mass is 16.2. The van der Waals surface area contributed by atoms with E-state index in [-0.39, 0.29) is 23.9 Å². The molecule has 1 saturated heterocycles. The Hall–Kier alpha value is -2.51. The molecule has 1 unspecified atom stereocenters. The molecule has 1 fully saturated rings. The lowest BCUT2D eigenvalue weighted by atomic mass is 10.1. The minimum absolute atomic E-state index is 0.0200. The summed E-state index contributed by atoms with van der Waals surface area (Å²) in [5.74, 6) is 1.04. The Labute approximate surface area is 153 Å². The van der Waals surface area contributed by atoms with E-state index in [9.17, 15) is 9.59 Å². The molecule has 2 aliphatic rings. The summed E-state index contributed by atoms with van der Waals surface area (Å²) in [6, 6.07) is 1.06. The van der Waals surface area contributed by atoms with Crippen LogP contribution >= 0.6 is 0 Å². The number of aliphatic imine (C=N–C) groups is 1. The number of rotatable bonds is 3. The molecule has 8 nitrogen and oxygen atoms in total. The van der Waals surface area contributed by atoms with E-state index < -0.39 is 6.04 Å². The van der Waals surface area contributed by atoms with Crippen LogP contribution in [0.5, 0.6) is 0 Å². The lowest BCUT2D eigenvalue weighted by Gasteiger charge is -2.35. The standard InChI is InChI=1S/C18H27N6O2/c1-10(2)9-22-16(25)14-15(21(7)18(22)26)19-17(23(14)11(3)4)24-13(6)8-12(5)20-24/h8,10-11,14H,9H2,1-7H3/q+1. The van der Waals surface area contributed by atoms with E-state index in [0.29, 0.717) is 18.3 Å². The first kappa shape index (κ1) is 18.3. The molecule has 2 aliphatic heterocycles. The fraction of sp³-hybridized carbons (Fsp3) is 0.611. The number of aryl methyl sites for hydroxylation is 2. The number of amidine groups is 1. The van der Waals surface area contributed by atoms with Crippen molar-refractivity contribution in [1.82, 2.24) is 19.6 Å². The van der Waals surface area contributed by atoms with Gasteiger partial charge < -0.3 is 0 Å². The Morgan fingerprint density at radius 3 is 2.35 bits per heavy atom. The summed E-state index contributed by atoms with van der Waals surface area (Å²) < 4.78 is 3.70. The molecule has 140 valence electrons. The number of carbonyl (C=O) groups is 2. The van der Waals surface area contributed by atoms with Crippen LogP contribution in [0.2, 0.25) is 0 Å². The Morgan fingerprint density at radius 1 is 1.19 bits per heavy atom. The molecule has 3 amide bonds. The molecule has 0 bridgehead atoms. The number of hydrogen-bond acceptors (Lipinski definition) is 4. The molecule has 1 aromatic heterocycles. The summed E-state index contributed by atoms with van der Waals surface area (Å²) in [6.07, 6.45) is 0. The van der Waals surface area contributed by atoms with Crippen LogP contribution in [0.1, 0.15) is 39.1 Å². The van der Waals surface area contributed by atoms with Gasteiger partial charge in [0, 0.05) is 13.6 Å². The fourth-order valence-electron chi connectivity index (χ4n) is 3.52. The predicted octanol–water partition coefficient (Wildman–Crippen LogP) is 1.46. The van der Waals surface area contributed by atoms with E-state index in [1.807, 2.05) is 52.2 Å². The molecule has 1 atom stereocenters. The SMILES string of the molecule is Cc1cc(C)n(C2=[N+](C(C)C)C3C(=O)N(CC(C)C)C(=O)N(C)C3=N2)n1. The number of likely N-dealkylation sites (N-methyl/N-ethyl adjacent to an activating group) is 1. The largest absolute Gasteiger partial charge is 0.421 e. The Morgan fingerprint density at radius 2 is 1.85 bits per heavy atom. The summed E-state index contributed by atoms with van der Waals surface area (Å²) >= 11 is 0. The molecule has 0 N–H and O–H groups in total. The Balaban J connectivity index is 2.15. The van der Waals surface area contributed by atoms with Crippen molar-refractivity contribution in [2.45, 2.75) is 53.6 Å². The van der Waals surface area contributed by atoms with Crippen molar-refractivity contribution < 1.29 is 14.2 Å². The molecule has 0 aliphatic carbocycles. The highest BCUT2D eigenvalue weighted by molar-refractivity contribution is 6.23. The van der Waals surface area contributed by atoms with Crippen molar-refractivity contribution in [3.05, 3.63) is 17.5 Å². The maximum atomic E-state index is 13.2. The van der Waals surface area contributed by atoms with E-state index in [0.717, 1.165) is 11.4 Å². The number of hydrogen-bond donors (Lipinski definition) is 0. The van der Waals surface area contributed by atoms with E-state index in [1.165, 1.54) is 9.80 Å². The van der Waals surface area contributed by atoms with Gasteiger partial charge >= 0.3 is 12.0 Å². The van der Waals surface area contributed by atoms with Crippen LogP contribution in [-0.4, -0.2) is 73.6 Å². The second-order valence-corrected chi connectivity index (χ2v) is 7.70. The number of nitrogens with zero attached hydrogens (tertiary/aromatic N) is 6. The number of imide groups is 1. The maximum absolute atomic E-state index is 13.2. The second kappa shape index (κ2) is 6.34. The van der Waals surface area contributed by atoms with Crippen LogP contribution in [0.3, 0.4) is 0 Å². The van der Waals surface area contributed by atoms with Gasteiger partial charge in [0.15, 0.2) is 0 Å². The number of amides is 3. The third kappa shape index (κ3) is 2.73. The minimum Gasteiger partial charge on any atom is -0.270 e. The second-order valence-electron chi connectivity index (χ2n) is 7.70. The van der Waals surface area contributed by atoms with Gasteiger partial charge in [0.05, 0.1) is 11.7 Å². The first-order valence-electron chi connectivity index (χ1n) is 9.00. The highest BCUT2D eigenvalue weighted by Gasteiger charge is 2.53. The van der Waals surface area contributed by atoms with Crippen LogP contribution < -0.4 is 0 Å². The van der Waals surface area contributed by atoms with E-state index in [1.54, 1.807) is 11.7 Å². The molecular formula is C18H27N6O2+. The molecule has 1 aromatic rings. The molecule has 3 heterocycles. The highest BCUT2D eigenvalue weighted by Crippen LogP contribution is 2.23. The van der Waals surface area contributed by atoms with Crippen LogP contribution in [0.4, 0.5) is 4.79 Å². The predicted molar refractivity (Wildman–Crippen MR) is 98.4 cm³/mol. The first-order valence-corrected chi connectivity index (χ1v) is 9.00. The zero-order chi connectivity index (χ0) is 19.3. The van der Waals surface area contributed by atoms with Crippen LogP contribution in [0.25, 0.3) is 0 Å². The first-order chi connectivity index (χ1) is 12.1. The molecule has 0 spiro atoms. The van der Waals surface area contributed by atoms with Crippen molar-refractivity contribution in [1.29, 1.82) is 0 Å². The number of carbonyl (C=O) groups excluding carboxylic acids is 2. The van der Waals surface area contributed by atoms with Crippen molar-refractivity contribution in [2.75, 3.05) is 13.6 Å². The fourth-order valence-corrected chi connectivity index (χ4v) is 3.52. The average Bonchev–Trinajstić information content (AvgIpc) is 3.09. The monoisotopic (exact) mass is 359 g/mol. The van der Waals surface area contributed by atoms with Crippen molar-refractivity contribution in [2.24, 2.45) is 10.9 Å². The topological polar surface area (TPSA) is 73.8 Å². The quantitative estimate of drug-likeness (QED) is 0.767. The third-order valence-electron chi connectivity index (χ3n) is 4.63. The van der Waals surface area contributed by atoms with Gasteiger partial charge in [0.2, 0.25) is 11.9 Å². The smallest absolute Gasteiger partial charge is 0.270 e. The van der Waals surface area contributed by atoms with Gasteiger partial charge in [-0.2, -0.15) is 0 Å². The van der Waals surface area contributed by atoms with Crippen LogP contribution in [0, 0.1) is 19.8 Å². The summed E-state index contributed by atoms with van der Waals surface area (Å²) in [5.41, 5.74) is 1.82. The van der Waals surface area contributed by atoms with Gasteiger partial charge in [-0.1, -0.05) is 18.8 Å². The Kier molecular flexibility index (Phi) is 4.46. The third-order valence-corrected chi connectivity index (χ3v) is 4.63. The van der Waals surface area contributed by atoms with Crippen LogP contribution in [0.15, 0.2) is 11.1 Å². The van der Waals surface area contributed by atoms with Gasteiger partial charge in [0.1, 0.15) is 5.69 Å². The summed E-state index contributed by atoms with van der Waals surface area (Å²) in [4.78, 5) is 33.4. The molecule has 0 saturated carbocycles. The van der Waals surface area contributed by atoms with Gasteiger partial charge in [-0.05, 0) is 39.7 Å². The minimum atomic E-state index is -0.602. The van der Waals surface area contributed by atoms with Gasteiger partial charge in [-0.3, -0.25) is 14.6 Å².